The molecule has 7 nitrogen and oxygen atoms in total. The molecule has 0 saturated carbocycles. The molecule has 0 spiro atoms. The summed E-state index contributed by atoms with van der Waals surface area (Å²) in [6, 6.07) is 1.34. The molecule has 2 rings (SSSR count). The molecule has 0 amide bonds. The van der Waals surface area contributed by atoms with Crippen molar-refractivity contribution in [3.05, 3.63) is 27.6 Å². The fourth-order valence-electron chi connectivity index (χ4n) is 1.28. The lowest BCUT2D eigenvalue weighted by Crippen LogP contribution is -2.46. The fourth-order valence-corrected chi connectivity index (χ4v) is 1.92. The molecule has 0 unspecified atom stereocenters. The van der Waals surface area contributed by atoms with Crippen LogP contribution in [0.15, 0.2) is 16.4 Å². The number of aromatic nitrogens is 3. The van der Waals surface area contributed by atoms with E-state index in [1.54, 1.807) is 13.8 Å². The first kappa shape index (κ1) is 12.7. The molecule has 18 heavy (non-hydrogen) atoms. The molecular weight excluding hydrogens is 256 g/mol. The van der Waals surface area contributed by atoms with Gasteiger partial charge in [0.15, 0.2) is 0 Å². The summed E-state index contributed by atoms with van der Waals surface area (Å²) in [6.07, 6.45) is 0. The first-order valence-electron chi connectivity index (χ1n) is 5.21. The van der Waals surface area contributed by atoms with Gasteiger partial charge in [-0.15, -0.1) is 0 Å². The third-order valence-electron chi connectivity index (χ3n) is 2.49. The summed E-state index contributed by atoms with van der Waals surface area (Å²) < 4.78 is 1.20. The van der Waals surface area contributed by atoms with Gasteiger partial charge in [-0.1, -0.05) is 11.3 Å². The van der Waals surface area contributed by atoms with Crippen molar-refractivity contribution in [1.82, 2.24) is 19.9 Å². The van der Waals surface area contributed by atoms with E-state index in [2.05, 4.69) is 15.4 Å². The molecule has 0 aromatic carbocycles. The van der Waals surface area contributed by atoms with Crippen LogP contribution in [0, 0.1) is 0 Å². The number of hydrogen-bond acceptors (Lipinski definition) is 6. The average molecular weight is 268 g/mol. The smallest absolute Gasteiger partial charge is 0.323 e. The zero-order valence-corrected chi connectivity index (χ0v) is 10.7. The minimum Gasteiger partial charge on any atom is -0.480 e. The molecule has 0 fully saturated rings. The topological polar surface area (TPSA) is 96.6 Å². The number of fused-ring (bicyclic) bond motifs is 1. The van der Waals surface area contributed by atoms with Crippen LogP contribution in [-0.2, 0) is 11.3 Å². The van der Waals surface area contributed by atoms with Crippen LogP contribution in [-0.4, -0.2) is 31.2 Å². The predicted molar refractivity (Wildman–Crippen MR) is 65.7 cm³/mol. The molecule has 0 radical (unpaired) electrons. The molecule has 0 aliphatic carbocycles. The van der Waals surface area contributed by atoms with Gasteiger partial charge in [0.2, 0.25) is 4.96 Å². The molecule has 0 aliphatic heterocycles. The minimum atomic E-state index is -1.07. The van der Waals surface area contributed by atoms with Crippen molar-refractivity contribution in [1.29, 1.82) is 0 Å². The summed E-state index contributed by atoms with van der Waals surface area (Å²) in [4.78, 5) is 27.3. The zero-order chi connectivity index (χ0) is 13.3. The molecular formula is C10H12N4O3S. The SMILES string of the molecule is CC(C)(NCc1cc(=O)n2ncsc2n1)C(=O)O. The monoisotopic (exact) mass is 268 g/mol. The average Bonchev–Trinajstić information content (AvgIpc) is 2.75. The fraction of sp³-hybridized carbons (Fsp3) is 0.400. The number of carbonyl (C=O) groups is 1. The van der Waals surface area contributed by atoms with Crippen LogP contribution < -0.4 is 10.9 Å². The van der Waals surface area contributed by atoms with E-state index in [1.807, 2.05) is 0 Å². The maximum atomic E-state index is 11.6. The molecule has 0 atom stereocenters. The summed E-state index contributed by atoms with van der Waals surface area (Å²) in [7, 11) is 0. The van der Waals surface area contributed by atoms with Gasteiger partial charge in [-0.2, -0.15) is 9.61 Å². The Balaban J connectivity index is 2.22. The molecule has 0 aliphatic rings. The molecule has 2 heterocycles. The lowest BCUT2D eigenvalue weighted by molar-refractivity contribution is -0.143. The zero-order valence-electron chi connectivity index (χ0n) is 9.88. The molecule has 2 aromatic heterocycles. The second-order valence-electron chi connectivity index (χ2n) is 4.30. The van der Waals surface area contributed by atoms with Gasteiger partial charge in [0.1, 0.15) is 11.0 Å². The van der Waals surface area contributed by atoms with Gasteiger partial charge >= 0.3 is 5.97 Å². The predicted octanol–water partition coefficient (Wildman–Crippen LogP) is 0.104. The molecule has 0 bridgehead atoms. The second-order valence-corrected chi connectivity index (χ2v) is 5.11. The Morgan fingerprint density at radius 3 is 3.00 bits per heavy atom. The molecule has 96 valence electrons. The minimum absolute atomic E-state index is 0.211. The van der Waals surface area contributed by atoms with Crippen molar-refractivity contribution >= 4 is 22.3 Å². The molecule has 0 saturated heterocycles. The summed E-state index contributed by atoms with van der Waals surface area (Å²) in [5, 5.41) is 15.6. The van der Waals surface area contributed by atoms with Crippen molar-refractivity contribution in [2.45, 2.75) is 25.9 Å². The number of carboxylic acid groups (broad SMARTS) is 1. The van der Waals surface area contributed by atoms with Crippen molar-refractivity contribution in [2.75, 3.05) is 0 Å². The Morgan fingerprint density at radius 1 is 1.61 bits per heavy atom. The number of aliphatic carboxylic acids is 1. The maximum absolute atomic E-state index is 11.6. The van der Waals surface area contributed by atoms with Crippen molar-refractivity contribution in [2.24, 2.45) is 0 Å². The number of nitrogens with one attached hydrogen (secondary N) is 1. The van der Waals surface area contributed by atoms with E-state index in [-0.39, 0.29) is 12.1 Å². The Bertz CT molecular complexity index is 646. The van der Waals surface area contributed by atoms with E-state index >= 15 is 0 Å². The van der Waals surface area contributed by atoms with Crippen LogP contribution in [0.3, 0.4) is 0 Å². The van der Waals surface area contributed by atoms with Gasteiger partial charge in [-0.3, -0.25) is 14.9 Å². The van der Waals surface area contributed by atoms with Gasteiger partial charge in [-0.25, -0.2) is 4.98 Å². The van der Waals surface area contributed by atoms with Gasteiger partial charge < -0.3 is 5.11 Å². The van der Waals surface area contributed by atoms with Gasteiger partial charge in [0.25, 0.3) is 5.56 Å². The van der Waals surface area contributed by atoms with Crippen LogP contribution in [0.2, 0.25) is 0 Å². The summed E-state index contributed by atoms with van der Waals surface area (Å²) in [5.74, 6) is -0.960. The van der Waals surface area contributed by atoms with E-state index in [9.17, 15) is 9.59 Å². The lowest BCUT2D eigenvalue weighted by atomic mass is 10.1. The number of hydrogen-bond donors (Lipinski definition) is 2. The summed E-state index contributed by atoms with van der Waals surface area (Å²) >= 11 is 1.25. The number of rotatable bonds is 4. The first-order valence-corrected chi connectivity index (χ1v) is 6.09. The van der Waals surface area contributed by atoms with E-state index in [0.717, 1.165) is 0 Å². The first-order chi connectivity index (χ1) is 8.40. The van der Waals surface area contributed by atoms with E-state index < -0.39 is 11.5 Å². The van der Waals surface area contributed by atoms with Crippen molar-refractivity contribution in [3.8, 4) is 0 Å². The Hall–Kier alpha value is -1.80. The highest BCUT2D eigenvalue weighted by Gasteiger charge is 2.26. The highest BCUT2D eigenvalue weighted by Crippen LogP contribution is 2.06. The van der Waals surface area contributed by atoms with Crippen LogP contribution in [0.25, 0.3) is 4.96 Å². The van der Waals surface area contributed by atoms with E-state index in [0.29, 0.717) is 10.7 Å². The van der Waals surface area contributed by atoms with Crippen molar-refractivity contribution < 1.29 is 9.90 Å². The van der Waals surface area contributed by atoms with Gasteiger partial charge in [0, 0.05) is 12.6 Å². The van der Waals surface area contributed by atoms with Crippen LogP contribution in [0.1, 0.15) is 19.5 Å². The molecule has 8 heteroatoms. The van der Waals surface area contributed by atoms with E-state index in [1.165, 1.54) is 27.4 Å². The second kappa shape index (κ2) is 4.46. The highest BCUT2D eigenvalue weighted by atomic mass is 32.1. The normalized spacial score (nSPS) is 11.9. The maximum Gasteiger partial charge on any atom is 0.323 e. The van der Waals surface area contributed by atoms with Crippen LogP contribution in [0.5, 0.6) is 0 Å². The third-order valence-corrected chi connectivity index (χ3v) is 3.16. The Labute approximate surface area is 106 Å². The highest BCUT2D eigenvalue weighted by molar-refractivity contribution is 7.14. The standard InChI is InChI=1S/C10H12N4O3S/c1-10(2,8(16)17)11-4-6-3-7(15)14-9(13-6)18-5-12-14/h3,5,11H,4H2,1-2H3,(H,16,17). The van der Waals surface area contributed by atoms with Crippen LogP contribution in [0.4, 0.5) is 0 Å². The largest absolute Gasteiger partial charge is 0.480 e. The van der Waals surface area contributed by atoms with Crippen LogP contribution >= 0.6 is 11.3 Å². The summed E-state index contributed by atoms with van der Waals surface area (Å²) in [6.45, 7) is 3.31. The Morgan fingerprint density at radius 2 is 2.33 bits per heavy atom. The number of carboxylic acids is 1. The lowest BCUT2D eigenvalue weighted by Gasteiger charge is -2.20. The van der Waals surface area contributed by atoms with Crippen molar-refractivity contribution in [3.63, 3.8) is 0 Å². The Kier molecular flexibility index (Phi) is 3.14. The quantitative estimate of drug-likeness (QED) is 0.816. The van der Waals surface area contributed by atoms with E-state index in [4.69, 9.17) is 5.11 Å². The van der Waals surface area contributed by atoms with Gasteiger partial charge in [0.05, 0.1) is 5.69 Å². The molecule has 2 aromatic rings. The van der Waals surface area contributed by atoms with Gasteiger partial charge in [-0.05, 0) is 13.8 Å². The molecule has 2 N–H and O–H groups in total. The third kappa shape index (κ3) is 2.39. The number of nitrogens with zero attached hydrogens (tertiary/aromatic N) is 3. The summed E-state index contributed by atoms with van der Waals surface area (Å²) in [5.41, 5.74) is 0.688.